The van der Waals surface area contributed by atoms with Crippen LogP contribution in [0.1, 0.15) is 282 Å². The second-order valence-corrected chi connectivity index (χ2v) is 20.7. The van der Waals surface area contributed by atoms with E-state index in [-0.39, 0.29) is 0 Å². The van der Waals surface area contributed by atoms with Gasteiger partial charge in [0.2, 0.25) is 10.4 Å². The molecular weight excluding hydrogens is 833 g/mol. The Kier molecular flexibility index (Phi) is 43.3. The van der Waals surface area contributed by atoms with Crippen LogP contribution in [0.15, 0.2) is 48.8 Å². The van der Waals surface area contributed by atoms with E-state index in [1.54, 1.807) is 0 Å². The topological polar surface area (TPSA) is 73.5 Å². The zero-order valence-corrected chi connectivity index (χ0v) is 44.6. The lowest BCUT2D eigenvalue weighted by Crippen LogP contribution is -2.25. The Labute approximate surface area is 410 Å². The molecule has 0 fully saturated rings. The number of hydrogen-bond donors (Lipinski definition) is 0. The number of rotatable bonds is 44. The van der Waals surface area contributed by atoms with Crippen LogP contribution in [-0.2, 0) is 21.6 Å². The fourth-order valence-corrected chi connectivity index (χ4v) is 8.97. The molecule has 0 aliphatic carbocycles. The molecule has 6 nitrogen and oxygen atoms in total. The van der Waals surface area contributed by atoms with E-state index in [1.807, 2.05) is 7.05 Å². The van der Waals surface area contributed by atoms with Crippen molar-refractivity contribution < 1.29 is 21.7 Å². The summed E-state index contributed by atoms with van der Waals surface area (Å²) in [5.74, 6) is 6.73. The van der Waals surface area contributed by atoms with Gasteiger partial charge in [-0.05, 0) is 37.1 Å². The normalized spacial score (nSPS) is 11.3. The van der Waals surface area contributed by atoms with Crippen molar-refractivity contribution in [3.05, 3.63) is 59.9 Å². The quantitative estimate of drug-likeness (QED) is 0.0218. The van der Waals surface area contributed by atoms with Crippen LogP contribution in [0.3, 0.4) is 0 Å². The largest absolute Gasteiger partial charge is 0.726 e. The summed E-state index contributed by atoms with van der Waals surface area (Å²) in [6.45, 7) is 6.99. The van der Waals surface area contributed by atoms with Crippen LogP contribution in [0.5, 0.6) is 0 Å². The fraction of sp³-hybridized carbons (Fsp3) is 0.780. The number of pyridine rings is 1. The highest BCUT2D eigenvalue weighted by Crippen LogP contribution is 2.20. The highest BCUT2D eigenvalue weighted by atomic mass is 32.3. The molecular formula is C59H104N2O4S. The zero-order valence-electron chi connectivity index (χ0n) is 43.8. The smallest absolute Gasteiger partial charge is 0.217 e. The van der Waals surface area contributed by atoms with Crippen LogP contribution >= 0.6 is 0 Å². The number of unbranched alkanes of at least 4 members (excludes halogenated alkanes) is 38. The minimum atomic E-state index is -4.41. The molecule has 0 saturated heterocycles. The summed E-state index contributed by atoms with van der Waals surface area (Å²) >= 11 is 0. The lowest BCUT2D eigenvalue weighted by atomic mass is 10.0. The van der Waals surface area contributed by atoms with E-state index in [2.05, 4.69) is 88.1 Å². The van der Waals surface area contributed by atoms with Crippen LogP contribution in [0.2, 0.25) is 0 Å². The van der Waals surface area contributed by atoms with Gasteiger partial charge in [-0.1, -0.05) is 270 Å². The molecule has 0 unspecified atom stereocenters. The molecule has 1 heterocycles. The predicted molar refractivity (Wildman–Crippen MR) is 285 cm³/mol. The van der Waals surface area contributed by atoms with Gasteiger partial charge in [-0.15, -0.1) is 0 Å². The molecule has 0 spiro atoms. The van der Waals surface area contributed by atoms with Gasteiger partial charge in [-0.3, -0.25) is 4.18 Å². The molecule has 2 rings (SSSR count). The van der Waals surface area contributed by atoms with E-state index in [0.29, 0.717) is 0 Å². The minimum Gasteiger partial charge on any atom is -0.726 e. The number of nitrogens with zero attached hydrogens (tertiary/aromatic N) is 2. The van der Waals surface area contributed by atoms with Gasteiger partial charge < -0.3 is 9.45 Å². The average Bonchev–Trinajstić information content (AvgIpc) is 3.32. The molecule has 0 atom stereocenters. The van der Waals surface area contributed by atoms with Crippen molar-refractivity contribution in [1.82, 2.24) is 0 Å². The third-order valence-corrected chi connectivity index (χ3v) is 13.7. The fourth-order valence-electron chi connectivity index (χ4n) is 8.97. The molecule has 0 bridgehead atoms. The number of anilines is 1. The van der Waals surface area contributed by atoms with E-state index >= 15 is 0 Å². The molecule has 380 valence electrons. The Morgan fingerprint density at radius 3 is 0.894 bits per heavy atom. The van der Waals surface area contributed by atoms with Crippen molar-refractivity contribution in [3.8, 4) is 11.8 Å². The second kappa shape index (κ2) is 46.3. The van der Waals surface area contributed by atoms with Crippen molar-refractivity contribution in [1.29, 1.82) is 0 Å². The first kappa shape index (κ1) is 61.6. The van der Waals surface area contributed by atoms with Crippen LogP contribution in [0, 0.1) is 11.8 Å². The Morgan fingerprint density at radius 1 is 0.424 bits per heavy atom. The summed E-state index contributed by atoms with van der Waals surface area (Å²) in [6, 6.07) is 13.3. The van der Waals surface area contributed by atoms with E-state index in [1.165, 1.54) is 276 Å². The summed E-state index contributed by atoms with van der Waals surface area (Å²) in [5.41, 5.74) is 3.55. The van der Waals surface area contributed by atoms with E-state index in [4.69, 9.17) is 0 Å². The first-order chi connectivity index (χ1) is 32.3. The Hall–Kier alpha value is -2.40. The van der Waals surface area contributed by atoms with E-state index in [9.17, 15) is 13.0 Å². The summed E-state index contributed by atoms with van der Waals surface area (Å²) in [6.07, 6.45) is 61.7. The van der Waals surface area contributed by atoms with Crippen molar-refractivity contribution in [2.24, 2.45) is 7.05 Å². The molecule has 0 radical (unpaired) electrons. The van der Waals surface area contributed by atoms with Gasteiger partial charge in [0.15, 0.2) is 12.4 Å². The Bertz CT molecular complexity index is 1440. The lowest BCUT2D eigenvalue weighted by Gasteiger charge is -2.25. The Balaban J connectivity index is 0.00000338. The lowest BCUT2D eigenvalue weighted by molar-refractivity contribution is -0.671. The van der Waals surface area contributed by atoms with Gasteiger partial charge in [0.1, 0.15) is 7.05 Å². The first-order valence-corrected chi connectivity index (χ1v) is 29.5. The number of aryl methyl sites for hydroxylation is 1. The molecule has 0 N–H and O–H groups in total. The summed E-state index contributed by atoms with van der Waals surface area (Å²) in [4.78, 5) is 2.68. The number of benzene rings is 1. The standard InChI is InChI=1S/C58H101N2.CH4O4S/c1-4-6-8-10-12-14-16-18-20-22-24-26-28-30-32-34-36-38-40-42-52-60(58-48-46-56(47-49-58)44-45-57-50-54-59(3)55-51-57)53-43-41-39-37-35-33-31-29-27-25-23-21-19-17-15-13-11-9-7-5-2;1-5-6(2,3)4/h46-51,54-55H,4-43,52-53H2,1-3H3;1H3,(H,2,3,4)/q+1;/p-1. The SMILES string of the molecule is CCCCCCCCCCCCCCCCCCCCCCN(CCCCCCCCCCCCCCCCCCCCCC)c1ccc(C#Cc2cc[n+](C)cc2)cc1.COS(=O)(=O)[O-]. The van der Waals surface area contributed by atoms with Crippen molar-refractivity contribution >= 4 is 16.1 Å². The zero-order chi connectivity index (χ0) is 47.9. The number of aromatic nitrogens is 1. The monoisotopic (exact) mass is 937 g/mol. The highest BCUT2D eigenvalue weighted by Gasteiger charge is 2.07. The van der Waals surface area contributed by atoms with Crippen molar-refractivity contribution in [2.45, 2.75) is 271 Å². The Morgan fingerprint density at radius 2 is 0.652 bits per heavy atom. The molecule has 66 heavy (non-hydrogen) atoms. The van der Waals surface area contributed by atoms with Gasteiger partial charge in [-0.25, -0.2) is 13.0 Å². The molecule has 1 aromatic heterocycles. The second-order valence-electron chi connectivity index (χ2n) is 19.5. The predicted octanol–water partition coefficient (Wildman–Crippen LogP) is 17.5. The maximum absolute atomic E-state index is 9.22. The number of hydrogen-bond acceptors (Lipinski definition) is 5. The molecule has 0 amide bonds. The van der Waals surface area contributed by atoms with Crippen LogP contribution in [-0.4, -0.2) is 33.2 Å². The third kappa shape index (κ3) is 41.8. The highest BCUT2D eigenvalue weighted by molar-refractivity contribution is 7.80. The van der Waals surface area contributed by atoms with Crippen molar-refractivity contribution in [2.75, 3.05) is 25.1 Å². The minimum absolute atomic E-state index is 0.808. The summed E-state index contributed by atoms with van der Waals surface area (Å²) in [5, 5.41) is 0. The molecule has 0 saturated carbocycles. The first-order valence-electron chi connectivity index (χ1n) is 28.1. The van der Waals surface area contributed by atoms with Gasteiger partial charge in [0, 0.05) is 42.0 Å². The maximum atomic E-state index is 9.22. The third-order valence-electron chi connectivity index (χ3n) is 13.3. The van der Waals surface area contributed by atoms with E-state index in [0.717, 1.165) is 18.2 Å². The van der Waals surface area contributed by atoms with Gasteiger partial charge in [-0.2, -0.15) is 0 Å². The molecule has 0 aliphatic rings. The maximum Gasteiger partial charge on any atom is 0.217 e. The average molecular weight is 938 g/mol. The van der Waals surface area contributed by atoms with E-state index < -0.39 is 10.4 Å². The molecule has 1 aromatic carbocycles. The van der Waals surface area contributed by atoms with Gasteiger partial charge in [0.05, 0.1) is 7.11 Å². The van der Waals surface area contributed by atoms with Crippen LogP contribution < -0.4 is 9.47 Å². The molecule has 2 aromatic rings. The molecule has 0 aliphatic heterocycles. The summed E-state index contributed by atoms with van der Waals surface area (Å²) in [7, 11) is -1.56. The summed E-state index contributed by atoms with van der Waals surface area (Å²) < 4.78 is 33.1. The van der Waals surface area contributed by atoms with Gasteiger partial charge >= 0.3 is 0 Å². The van der Waals surface area contributed by atoms with Gasteiger partial charge in [0.25, 0.3) is 0 Å². The molecule has 7 heteroatoms. The van der Waals surface area contributed by atoms with Crippen LogP contribution in [0.4, 0.5) is 5.69 Å². The van der Waals surface area contributed by atoms with Crippen molar-refractivity contribution in [3.63, 3.8) is 0 Å². The van der Waals surface area contributed by atoms with Crippen LogP contribution in [0.25, 0.3) is 0 Å².